The Balaban J connectivity index is 1.13. The van der Waals surface area contributed by atoms with E-state index in [9.17, 15) is 4.79 Å². The average Bonchev–Trinajstić information content (AvgIpc) is 3.68. The van der Waals surface area contributed by atoms with Gasteiger partial charge in [0.2, 0.25) is 0 Å². The quantitative estimate of drug-likeness (QED) is 0.133. The van der Waals surface area contributed by atoms with Gasteiger partial charge in [-0.25, -0.2) is 14.8 Å². The molecule has 0 aliphatic carbocycles. The molecule has 42 heavy (non-hydrogen) atoms. The lowest BCUT2D eigenvalue weighted by Gasteiger charge is -2.21. The van der Waals surface area contributed by atoms with Crippen LogP contribution in [-0.4, -0.2) is 69.3 Å². The summed E-state index contributed by atoms with van der Waals surface area (Å²) in [4.78, 5) is 23.1. The third-order valence-electron chi connectivity index (χ3n) is 7.18. The topological polar surface area (TPSA) is 97.2 Å². The number of fused-ring (bicyclic) bond motifs is 1. The second kappa shape index (κ2) is 14.7. The molecule has 1 aliphatic heterocycles. The number of benzene rings is 2. The highest BCUT2D eigenvalue weighted by molar-refractivity contribution is 7.99. The Morgan fingerprint density at radius 1 is 1.12 bits per heavy atom. The Morgan fingerprint density at radius 2 is 1.95 bits per heavy atom. The van der Waals surface area contributed by atoms with Gasteiger partial charge in [-0.3, -0.25) is 4.68 Å². The first kappa shape index (κ1) is 29.4. The van der Waals surface area contributed by atoms with E-state index in [1.165, 1.54) is 5.56 Å². The van der Waals surface area contributed by atoms with Crippen LogP contribution in [0.15, 0.2) is 66.1 Å². The Kier molecular flexibility index (Phi) is 10.3. The molecule has 0 spiro atoms. The fourth-order valence-corrected chi connectivity index (χ4v) is 5.66. The van der Waals surface area contributed by atoms with Crippen LogP contribution < -0.4 is 10.6 Å². The number of aromatic nitrogens is 4. The maximum Gasteiger partial charge on any atom is 0.410 e. The normalized spacial score (nSPS) is 13.5. The number of ether oxygens (including phenoxy) is 1. The van der Waals surface area contributed by atoms with Crippen LogP contribution >= 0.6 is 11.8 Å². The molecule has 2 aromatic heterocycles. The molecule has 2 aromatic carbocycles. The fourth-order valence-electron chi connectivity index (χ4n) is 4.91. The van der Waals surface area contributed by atoms with E-state index < -0.39 is 0 Å². The van der Waals surface area contributed by atoms with Crippen molar-refractivity contribution in [1.29, 1.82) is 0 Å². The van der Waals surface area contributed by atoms with Crippen LogP contribution in [0.25, 0.3) is 10.9 Å². The highest BCUT2D eigenvalue weighted by atomic mass is 32.2. The van der Waals surface area contributed by atoms with Gasteiger partial charge in [0.1, 0.15) is 23.3 Å². The van der Waals surface area contributed by atoms with E-state index in [2.05, 4.69) is 67.9 Å². The molecule has 1 atom stereocenters. The van der Waals surface area contributed by atoms with Gasteiger partial charge in [0.25, 0.3) is 0 Å². The second-order valence-electron chi connectivity index (χ2n) is 10.3. The Hall–Kier alpha value is -4.07. The van der Waals surface area contributed by atoms with Gasteiger partial charge in [-0.05, 0) is 57.0 Å². The molecule has 0 bridgehead atoms. The zero-order chi connectivity index (χ0) is 29.1. The van der Waals surface area contributed by atoms with Crippen LogP contribution in [0.3, 0.4) is 0 Å². The number of carbonyl (C=O) groups is 1. The van der Waals surface area contributed by atoms with Crippen LogP contribution in [0.5, 0.6) is 0 Å². The minimum atomic E-state index is -0.210. The molecular weight excluding hydrogens is 546 g/mol. The maximum absolute atomic E-state index is 12.3. The molecule has 0 radical (unpaired) electrons. The zero-order valence-electron chi connectivity index (χ0n) is 24.2. The van der Waals surface area contributed by atoms with Gasteiger partial charge in [0, 0.05) is 42.7 Å². The molecule has 1 saturated heterocycles. The lowest BCUT2D eigenvalue weighted by Crippen LogP contribution is -2.35. The fraction of sp³-hybridized carbons (Fsp3) is 0.375. The number of hydrogen-bond donors (Lipinski definition) is 2. The molecule has 5 rings (SSSR count). The Morgan fingerprint density at radius 3 is 2.76 bits per heavy atom. The summed E-state index contributed by atoms with van der Waals surface area (Å²) in [5, 5.41) is 13.1. The predicted octanol–water partition coefficient (Wildman–Crippen LogP) is 5.62. The molecular formula is C32H37N7O2S. The first-order valence-corrected chi connectivity index (χ1v) is 15.4. The summed E-state index contributed by atoms with van der Waals surface area (Å²) in [5.74, 6) is 7.84. The molecule has 1 aliphatic rings. The van der Waals surface area contributed by atoms with Gasteiger partial charge in [-0.2, -0.15) is 5.10 Å². The van der Waals surface area contributed by atoms with Crippen LogP contribution in [0.1, 0.15) is 36.8 Å². The number of rotatable bonds is 11. The van der Waals surface area contributed by atoms with Crippen LogP contribution in [0, 0.1) is 18.8 Å². The second-order valence-corrected chi connectivity index (χ2v) is 11.2. The van der Waals surface area contributed by atoms with Crippen molar-refractivity contribution in [1.82, 2.24) is 30.0 Å². The summed E-state index contributed by atoms with van der Waals surface area (Å²) in [7, 11) is 1.87. The summed E-state index contributed by atoms with van der Waals surface area (Å²) in [6.07, 6.45) is 6.56. The van der Waals surface area contributed by atoms with E-state index in [4.69, 9.17) is 4.74 Å². The zero-order valence-corrected chi connectivity index (χ0v) is 25.0. The van der Waals surface area contributed by atoms with Crippen LogP contribution in [-0.2, 0) is 11.3 Å². The van der Waals surface area contributed by atoms with Gasteiger partial charge in [0.15, 0.2) is 0 Å². The molecule has 1 fully saturated rings. The predicted molar refractivity (Wildman–Crippen MR) is 168 cm³/mol. The molecule has 3 heterocycles. The molecule has 218 valence electrons. The van der Waals surface area contributed by atoms with E-state index >= 15 is 0 Å². The lowest BCUT2D eigenvalue weighted by atomic mass is 10.2. The number of nitrogens with one attached hydrogen (secondary N) is 2. The van der Waals surface area contributed by atoms with Crippen molar-refractivity contribution in [2.24, 2.45) is 0 Å². The molecule has 4 aromatic rings. The Labute approximate surface area is 251 Å². The number of hydrogen-bond acceptors (Lipinski definition) is 8. The van der Waals surface area contributed by atoms with Gasteiger partial charge < -0.3 is 20.3 Å². The molecule has 10 heteroatoms. The maximum atomic E-state index is 12.3. The van der Waals surface area contributed by atoms with E-state index in [0.29, 0.717) is 25.1 Å². The number of likely N-dealkylation sites (tertiary alicyclic amines) is 1. The molecule has 2 N–H and O–H groups in total. The lowest BCUT2D eigenvalue weighted by molar-refractivity contribution is 0.0659. The van der Waals surface area contributed by atoms with Crippen molar-refractivity contribution in [2.75, 3.05) is 37.8 Å². The Bertz CT molecular complexity index is 1540. The van der Waals surface area contributed by atoms with Crippen molar-refractivity contribution in [3.05, 3.63) is 72.2 Å². The van der Waals surface area contributed by atoms with E-state index in [0.717, 1.165) is 65.5 Å². The number of nitrogens with zero attached hydrogens (tertiary/aromatic N) is 5. The minimum absolute atomic E-state index is 0.180. The third kappa shape index (κ3) is 7.81. The summed E-state index contributed by atoms with van der Waals surface area (Å²) < 4.78 is 7.72. The van der Waals surface area contributed by atoms with Crippen LogP contribution in [0.4, 0.5) is 16.3 Å². The first-order valence-electron chi connectivity index (χ1n) is 14.4. The van der Waals surface area contributed by atoms with Crippen molar-refractivity contribution in [3.8, 4) is 11.8 Å². The minimum Gasteiger partial charge on any atom is -0.445 e. The largest absolute Gasteiger partial charge is 0.445 e. The van der Waals surface area contributed by atoms with Gasteiger partial charge in [-0.15, -0.1) is 5.92 Å². The third-order valence-corrected chi connectivity index (χ3v) is 8.15. The molecule has 1 unspecified atom stereocenters. The van der Waals surface area contributed by atoms with E-state index in [1.807, 2.05) is 43.0 Å². The van der Waals surface area contributed by atoms with Gasteiger partial charge in [0.05, 0.1) is 24.0 Å². The molecule has 1 amide bonds. The number of thioether (sulfide) groups is 1. The van der Waals surface area contributed by atoms with Gasteiger partial charge in [-0.1, -0.05) is 48.0 Å². The standard InChI is InChI=1S/C32H37N7O2S/c1-24-30(37-27-14-15-29-26(19-27)20-36-39(29)22-25-11-5-3-6-12-25)34-23-35-31(24)42-18-10-4-7-13-28(21-33-2)41-32(40)38-16-8-9-17-38/h3,5-6,11-12,14-15,19-20,23,28,33H,7-9,13,16-18,21-22H2,1-2H3,(H,34,35,37). The SMILES string of the molecule is CNCC(CCC#CCSc1ncnc(Nc2ccc3c(cnn3Cc3ccccc3)c2)c1C)OC(=O)N1CCCC1. The highest BCUT2D eigenvalue weighted by Gasteiger charge is 2.22. The monoisotopic (exact) mass is 583 g/mol. The van der Waals surface area contributed by atoms with E-state index in [-0.39, 0.29) is 12.2 Å². The van der Waals surface area contributed by atoms with Crippen molar-refractivity contribution < 1.29 is 9.53 Å². The smallest absolute Gasteiger partial charge is 0.410 e. The molecule has 0 saturated carbocycles. The average molecular weight is 584 g/mol. The van der Waals surface area contributed by atoms with Crippen molar-refractivity contribution in [2.45, 2.75) is 50.3 Å². The number of likely N-dealkylation sites (N-methyl/N-ethyl adjacent to an activating group) is 1. The first-order chi connectivity index (χ1) is 20.6. The van der Waals surface area contributed by atoms with Gasteiger partial charge >= 0.3 is 6.09 Å². The summed E-state index contributed by atoms with van der Waals surface area (Å²) in [5.41, 5.74) is 4.22. The molecule has 9 nitrogen and oxygen atoms in total. The summed E-state index contributed by atoms with van der Waals surface area (Å²) in [6.45, 7) is 4.95. The van der Waals surface area contributed by atoms with Crippen LogP contribution in [0.2, 0.25) is 0 Å². The number of amides is 1. The van der Waals surface area contributed by atoms with Crippen molar-refractivity contribution in [3.63, 3.8) is 0 Å². The number of carbonyl (C=O) groups excluding carboxylic acids is 1. The summed E-state index contributed by atoms with van der Waals surface area (Å²) >= 11 is 1.59. The van der Waals surface area contributed by atoms with E-state index in [1.54, 1.807) is 23.0 Å². The van der Waals surface area contributed by atoms with Crippen molar-refractivity contribution >= 4 is 40.3 Å². The highest BCUT2D eigenvalue weighted by Crippen LogP contribution is 2.27. The summed E-state index contributed by atoms with van der Waals surface area (Å²) in [6, 6.07) is 16.6. The number of anilines is 2.